The van der Waals surface area contributed by atoms with Crippen LogP contribution in [0.5, 0.6) is 0 Å². The second-order valence-electron chi connectivity index (χ2n) is 3.16. The van der Waals surface area contributed by atoms with E-state index in [1.807, 2.05) is 26.0 Å². The Balaban J connectivity index is 2.45. The summed E-state index contributed by atoms with van der Waals surface area (Å²) in [5.41, 5.74) is 1.17. The first-order valence-corrected chi connectivity index (χ1v) is 4.57. The van der Waals surface area contributed by atoms with Gasteiger partial charge in [0, 0.05) is 12.7 Å². The summed E-state index contributed by atoms with van der Waals surface area (Å²) in [6.45, 7) is 4.53. The summed E-state index contributed by atoms with van der Waals surface area (Å²) >= 11 is 0. The number of pyridine rings is 1. The Kier molecular flexibility index (Phi) is 3.71. The second kappa shape index (κ2) is 4.82. The number of aryl methyl sites for hydroxylation is 1. The number of hydrogen-bond donors (Lipinski definition) is 2. The summed E-state index contributed by atoms with van der Waals surface area (Å²) < 4.78 is 0. The third-order valence-electron chi connectivity index (χ3n) is 1.91. The fourth-order valence-corrected chi connectivity index (χ4v) is 1.000. The van der Waals surface area contributed by atoms with Crippen LogP contribution in [0.1, 0.15) is 18.9 Å². The van der Waals surface area contributed by atoms with Crippen LogP contribution < -0.4 is 5.32 Å². The van der Waals surface area contributed by atoms with Crippen molar-refractivity contribution in [3.63, 3.8) is 0 Å². The molecule has 0 fully saturated rings. The lowest BCUT2D eigenvalue weighted by Crippen LogP contribution is -2.18. The summed E-state index contributed by atoms with van der Waals surface area (Å²) in [5.74, 6) is 0.826. The van der Waals surface area contributed by atoms with Crippen LogP contribution >= 0.6 is 0 Å². The molecule has 3 nitrogen and oxygen atoms in total. The zero-order chi connectivity index (χ0) is 9.68. The van der Waals surface area contributed by atoms with Gasteiger partial charge in [0.1, 0.15) is 5.82 Å². The van der Waals surface area contributed by atoms with E-state index in [9.17, 15) is 5.11 Å². The quantitative estimate of drug-likeness (QED) is 0.739. The van der Waals surface area contributed by atoms with Crippen molar-refractivity contribution < 1.29 is 5.11 Å². The van der Waals surface area contributed by atoms with Crippen molar-refractivity contribution in [1.29, 1.82) is 0 Å². The fourth-order valence-electron chi connectivity index (χ4n) is 1.000. The topological polar surface area (TPSA) is 45.1 Å². The molecule has 13 heavy (non-hydrogen) atoms. The van der Waals surface area contributed by atoms with Gasteiger partial charge in [0.05, 0.1) is 6.10 Å². The van der Waals surface area contributed by atoms with E-state index in [4.69, 9.17) is 0 Å². The molecule has 0 aliphatic heterocycles. The number of aliphatic hydroxyl groups excluding tert-OH is 1. The molecule has 0 bridgehead atoms. The van der Waals surface area contributed by atoms with Crippen LogP contribution in [0.25, 0.3) is 0 Å². The van der Waals surface area contributed by atoms with Gasteiger partial charge in [0.2, 0.25) is 0 Å². The maximum atomic E-state index is 9.30. The fraction of sp³-hybridized carbons (Fsp3) is 0.500. The summed E-state index contributed by atoms with van der Waals surface area (Å²) in [5, 5.41) is 12.4. The molecular formula is C10H16N2O. The zero-order valence-electron chi connectivity index (χ0n) is 8.12. The Bertz CT molecular complexity index is 263. The Morgan fingerprint density at radius 3 is 3.00 bits per heavy atom. The van der Waals surface area contributed by atoms with E-state index in [0.29, 0.717) is 6.54 Å². The van der Waals surface area contributed by atoms with E-state index in [1.165, 1.54) is 5.56 Å². The van der Waals surface area contributed by atoms with Gasteiger partial charge in [-0.2, -0.15) is 0 Å². The number of anilines is 1. The van der Waals surface area contributed by atoms with Crippen molar-refractivity contribution in [1.82, 2.24) is 4.98 Å². The van der Waals surface area contributed by atoms with E-state index >= 15 is 0 Å². The molecule has 0 amide bonds. The van der Waals surface area contributed by atoms with Gasteiger partial charge in [0.15, 0.2) is 0 Å². The van der Waals surface area contributed by atoms with Crippen molar-refractivity contribution in [2.24, 2.45) is 0 Å². The number of aliphatic hydroxyl groups is 1. The largest absolute Gasteiger partial charge is 0.391 e. The predicted molar refractivity (Wildman–Crippen MR) is 53.8 cm³/mol. The molecule has 0 saturated heterocycles. The first-order valence-electron chi connectivity index (χ1n) is 4.57. The minimum absolute atomic E-state index is 0.290. The van der Waals surface area contributed by atoms with E-state index in [-0.39, 0.29) is 6.10 Å². The number of aromatic nitrogens is 1. The van der Waals surface area contributed by atoms with Crippen molar-refractivity contribution in [3.05, 3.63) is 23.9 Å². The molecule has 0 saturated carbocycles. The third kappa shape index (κ3) is 3.42. The maximum absolute atomic E-state index is 9.30. The maximum Gasteiger partial charge on any atom is 0.126 e. The number of hydrogen-bond acceptors (Lipinski definition) is 3. The number of nitrogens with zero attached hydrogens (tertiary/aromatic N) is 1. The standard InChI is InChI=1S/C10H16N2O/c1-3-9(13)7-12-10-6-8(2)4-5-11-10/h4-6,9,13H,3,7H2,1-2H3,(H,11,12). The van der Waals surface area contributed by atoms with Crippen molar-refractivity contribution >= 4 is 5.82 Å². The summed E-state index contributed by atoms with van der Waals surface area (Å²) in [6.07, 6.45) is 2.23. The molecule has 1 aromatic heterocycles. The van der Waals surface area contributed by atoms with Crippen molar-refractivity contribution in [2.45, 2.75) is 26.4 Å². The van der Waals surface area contributed by atoms with Crippen molar-refractivity contribution in [2.75, 3.05) is 11.9 Å². The Labute approximate surface area is 78.8 Å². The average molecular weight is 180 g/mol. The van der Waals surface area contributed by atoms with Gasteiger partial charge in [-0.05, 0) is 31.0 Å². The molecule has 0 radical (unpaired) electrons. The normalized spacial score (nSPS) is 12.5. The van der Waals surface area contributed by atoms with Crippen LogP contribution in [0.3, 0.4) is 0 Å². The minimum Gasteiger partial charge on any atom is -0.391 e. The van der Waals surface area contributed by atoms with Crippen LogP contribution in [0.2, 0.25) is 0 Å². The Hall–Kier alpha value is -1.09. The number of rotatable bonds is 4. The highest BCUT2D eigenvalue weighted by Gasteiger charge is 2.00. The first-order chi connectivity index (χ1) is 6.22. The van der Waals surface area contributed by atoms with Gasteiger partial charge >= 0.3 is 0 Å². The van der Waals surface area contributed by atoms with E-state index in [2.05, 4.69) is 10.3 Å². The second-order valence-corrected chi connectivity index (χ2v) is 3.16. The van der Waals surface area contributed by atoms with Crippen LogP contribution in [0.4, 0.5) is 5.82 Å². The molecule has 1 aromatic rings. The van der Waals surface area contributed by atoms with Crippen molar-refractivity contribution in [3.8, 4) is 0 Å². The minimum atomic E-state index is -0.290. The molecule has 1 unspecified atom stereocenters. The highest BCUT2D eigenvalue weighted by atomic mass is 16.3. The van der Waals surface area contributed by atoms with E-state index < -0.39 is 0 Å². The van der Waals surface area contributed by atoms with Crippen LogP contribution in [0.15, 0.2) is 18.3 Å². The molecular weight excluding hydrogens is 164 g/mol. The average Bonchev–Trinajstić information content (AvgIpc) is 2.14. The van der Waals surface area contributed by atoms with Gasteiger partial charge in [-0.1, -0.05) is 6.92 Å². The molecule has 1 heterocycles. The molecule has 0 aliphatic rings. The number of nitrogens with one attached hydrogen (secondary N) is 1. The van der Waals surface area contributed by atoms with Crippen LogP contribution in [-0.2, 0) is 0 Å². The lowest BCUT2D eigenvalue weighted by Gasteiger charge is -2.09. The lowest BCUT2D eigenvalue weighted by atomic mass is 10.2. The molecule has 1 atom stereocenters. The van der Waals surface area contributed by atoms with Gasteiger partial charge in [0.25, 0.3) is 0 Å². The molecule has 0 aromatic carbocycles. The zero-order valence-corrected chi connectivity index (χ0v) is 8.12. The molecule has 3 heteroatoms. The van der Waals surface area contributed by atoms with Gasteiger partial charge in [-0.15, -0.1) is 0 Å². The Morgan fingerprint density at radius 2 is 2.38 bits per heavy atom. The molecule has 2 N–H and O–H groups in total. The van der Waals surface area contributed by atoms with E-state index in [0.717, 1.165) is 12.2 Å². The highest BCUT2D eigenvalue weighted by Crippen LogP contribution is 2.05. The Morgan fingerprint density at radius 1 is 1.62 bits per heavy atom. The SMILES string of the molecule is CCC(O)CNc1cc(C)ccn1. The smallest absolute Gasteiger partial charge is 0.126 e. The van der Waals surface area contributed by atoms with Gasteiger partial charge in [-0.3, -0.25) is 0 Å². The van der Waals surface area contributed by atoms with Gasteiger partial charge < -0.3 is 10.4 Å². The predicted octanol–water partition coefficient (Wildman–Crippen LogP) is 1.57. The monoisotopic (exact) mass is 180 g/mol. The third-order valence-corrected chi connectivity index (χ3v) is 1.91. The van der Waals surface area contributed by atoms with E-state index in [1.54, 1.807) is 6.20 Å². The molecule has 0 spiro atoms. The van der Waals surface area contributed by atoms with Crippen LogP contribution in [-0.4, -0.2) is 22.7 Å². The van der Waals surface area contributed by atoms with Crippen LogP contribution in [0, 0.1) is 6.92 Å². The highest BCUT2D eigenvalue weighted by molar-refractivity contribution is 5.36. The molecule has 0 aliphatic carbocycles. The molecule has 72 valence electrons. The summed E-state index contributed by atoms with van der Waals surface area (Å²) in [4.78, 5) is 4.12. The first kappa shape index (κ1) is 9.99. The summed E-state index contributed by atoms with van der Waals surface area (Å²) in [7, 11) is 0. The summed E-state index contributed by atoms with van der Waals surface area (Å²) in [6, 6.07) is 3.91. The lowest BCUT2D eigenvalue weighted by molar-refractivity contribution is 0.183. The van der Waals surface area contributed by atoms with Gasteiger partial charge in [-0.25, -0.2) is 4.98 Å². The molecule has 1 rings (SSSR count).